The van der Waals surface area contributed by atoms with E-state index in [2.05, 4.69) is 28.6 Å². The number of amides is 3. The first-order valence-corrected chi connectivity index (χ1v) is 9.13. The van der Waals surface area contributed by atoms with Crippen molar-refractivity contribution < 1.29 is 39.3 Å². The molecule has 0 spiro atoms. The summed E-state index contributed by atoms with van der Waals surface area (Å²) in [6.07, 6.45) is 0.565. The number of carbonyl (C=O) groups excluding carboxylic acids is 3. The van der Waals surface area contributed by atoms with Gasteiger partial charge in [-0.25, -0.2) is 4.79 Å². The van der Waals surface area contributed by atoms with Gasteiger partial charge in [0.1, 0.15) is 18.1 Å². The second-order valence-electron chi connectivity index (χ2n) is 6.13. The van der Waals surface area contributed by atoms with Crippen LogP contribution in [0.2, 0.25) is 0 Å². The molecule has 0 aromatic rings. The molecule has 7 N–H and O–H groups in total. The van der Waals surface area contributed by atoms with Crippen LogP contribution in [0, 0.1) is 0 Å². The molecule has 0 aliphatic carbocycles. The maximum absolute atomic E-state index is 12.3. The van der Waals surface area contributed by atoms with Gasteiger partial charge in [0, 0.05) is 5.75 Å². The first-order valence-electron chi connectivity index (χ1n) is 8.50. The minimum atomic E-state index is -1.73. The van der Waals surface area contributed by atoms with Crippen molar-refractivity contribution in [3.8, 4) is 0 Å². The molecule has 0 aromatic heterocycles. The van der Waals surface area contributed by atoms with Crippen LogP contribution in [0.5, 0.6) is 0 Å². The zero-order valence-corrected chi connectivity index (χ0v) is 15.8. The lowest BCUT2D eigenvalue weighted by molar-refractivity contribution is -0.147. The van der Waals surface area contributed by atoms with Gasteiger partial charge in [0.15, 0.2) is 0 Å². The Morgan fingerprint density at radius 1 is 1.00 bits per heavy atom. The fraction of sp³-hybridized carbons (Fsp3) is 0.667. The predicted molar refractivity (Wildman–Crippen MR) is 97.6 cm³/mol. The van der Waals surface area contributed by atoms with Gasteiger partial charge in [-0.15, -0.1) is 0 Å². The minimum Gasteiger partial charge on any atom is -0.481 e. The quantitative estimate of drug-likeness (QED) is 0.158. The van der Waals surface area contributed by atoms with Crippen molar-refractivity contribution in [3.63, 3.8) is 0 Å². The Kier molecular flexibility index (Phi) is 9.68. The number of aliphatic carboxylic acids is 2. The molecule has 0 radical (unpaired) electrons. The number of rotatable bonds is 11. The topological polar surface area (TPSA) is 194 Å². The lowest BCUT2D eigenvalue weighted by Crippen LogP contribution is -2.58. The molecule has 1 rings (SSSR count). The van der Waals surface area contributed by atoms with Crippen LogP contribution in [-0.4, -0.2) is 88.1 Å². The second kappa shape index (κ2) is 11.5. The smallest absolute Gasteiger partial charge is 0.326 e. The van der Waals surface area contributed by atoms with Crippen molar-refractivity contribution in [2.75, 3.05) is 18.9 Å². The molecule has 12 nitrogen and oxygen atoms in total. The third-order valence-corrected chi connectivity index (χ3v) is 4.37. The highest BCUT2D eigenvalue weighted by Crippen LogP contribution is 2.05. The number of hydrogen-bond donors (Lipinski definition) is 8. The van der Waals surface area contributed by atoms with Crippen LogP contribution in [-0.2, 0) is 24.0 Å². The number of hydrogen-bond acceptors (Lipinski definition) is 8. The summed E-state index contributed by atoms with van der Waals surface area (Å²) in [5, 5.41) is 36.5. The van der Waals surface area contributed by atoms with Gasteiger partial charge in [-0.05, 0) is 19.4 Å². The highest BCUT2D eigenvalue weighted by molar-refractivity contribution is 7.80. The molecule has 1 saturated heterocycles. The van der Waals surface area contributed by atoms with Crippen molar-refractivity contribution in [2.45, 2.75) is 43.4 Å². The van der Waals surface area contributed by atoms with E-state index in [1.165, 1.54) is 0 Å². The van der Waals surface area contributed by atoms with Gasteiger partial charge in [-0.2, -0.15) is 12.6 Å². The zero-order valence-electron chi connectivity index (χ0n) is 14.9. The number of nitrogens with one attached hydrogen (secondary N) is 4. The van der Waals surface area contributed by atoms with Gasteiger partial charge in [-0.3, -0.25) is 19.2 Å². The minimum absolute atomic E-state index is 0.0825. The second-order valence-corrected chi connectivity index (χ2v) is 6.50. The third-order valence-electron chi connectivity index (χ3n) is 4.00. The summed E-state index contributed by atoms with van der Waals surface area (Å²) in [6, 6.07) is -4.79. The standard InChI is InChI=1S/C15H24N4O8S/c20-5-9(13(24)17-8(15(26)27)4-11(21)22)18-14(25)10(6-28)19-12(23)7-2-1-3-16-7/h7-10,16,20,28H,1-6H2,(H,17,24)(H,18,25)(H,19,23)(H,21,22)(H,26,27). The van der Waals surface area contributed by atoms with E-state index in [1.54, 1.807) is 0 Å². The van der Waals surface area contributed by atoms with E-state index >= 15 is 0 Å². The summed E-state index contributed by atoms with van der Waals surface area (Å²) in [7, 11) is 0. The van der Waals surface area contributed by atoms with E-state index in [4.69, 9.17) is 10.2 Å². The fourth-order valence-electron chi connectivity index (χ4n) is 2.49. The summed E-state index contributed by atoms with van der Waals surface area (Å²) in [4.78, 5) is 58.2. The Morgan fingerprint density at radius 3 is 2.07 bits per heavy atom. The van der Waals surface area contributed by atoms with Crippen molar-refractivity contribution in [1.82, 2.24) is 21.3 Å². The molecule has 1 aliphatic rings. The molecule has 0 aromatic carbocycles. The third kappa shape index (κ3) is 7.32. The van der Waals surface area contributed by atoms with Crippen LogP contribution in [0.15, 0.2) is 0 Å². The van der Waals surface area contributed by atoms with E-state index in [0.717, 1.165) is 6.42 Å². The summed E-state index contributed by atoms with van der Waals surface area (Å²) in [5.74, 6) is -5.39. The lowest BCUT2D eigenvalue weighted by Gasteiger charge is -2.23. The van der Waals surface area contributed by atoms with Crippen molar-refractivity contribution >= 4 is 42.3 Å². The molecule has 158 valence electrons. The van der Waals surface area contributed by atoms with Crippen molar-refractivity contribution in [1.29, 1.82) is 0 Å². The summed E-state index contributed by atoms with van der Waals surface area (Å²) in [5.41, 5.74) is 0. The largest absolute Gasteiger partial charge is 0.481 e. The molecule has 0 bridgehead atoms. The molecule has 3 amide bonds. The average molecular weight is 420 g/mol. The summed E-state index contributed by atoms with van der Waals surface area (Å²) in [6.45, 7) is -0.182. The van der Waals surface area contributed by atoms with Gasteiger partial charge in [0.25, 0.3) is 0 Å². The van der Waals surface area contributed by atoms with Gasteiger partial charge >= 0.3 is 11.9 Å². The van der Waals surface area contributed by atoms with Gasteiger partial charge in [0.05, 0.1) is 19.1 Å². The molecule has 4 atom stereocenters. The van der Waals surface area contributed by atoms with E-state index in [1.807, 2.05) is 5.32 Å². The normalized spacial score (nSPS) is 19.1. The molecular weight excluding hydrogens is 396 g/mol. The van der Waals surface area contributed by atoms with E-state index in [0.29, 0.717) is 13.0 Å². The monoisotopic (exact) mass is 420 g/mol. The Balaban J connectivity index is 2.67. The van der Waals surface area contributed by atoms with Crippen LogP contribution < -0.4 is 21.3 Å². The first kappa shape index (κ1) is 23.7. The van der Waals surface area contributed by atoms with E-state index < -0.39 is 66.9 Å². The molecule has 0 saturated carbocycles. The number of aliphatic hydroxyl groups excluding tert-OH is 1. The highest BCUT2D eigenvalue weighted by atomic mass is 32.1. The first-order chi connectivity index (χ1) is 13.2. The van der Waals surface area contributed by atoms with Crippen LogP contribution in [0.4, 0.5) is 0 Å². The Labute approximate surface area is 165 Å². The zero-order chi connectivity index (χ0) is 21.3. The van der Waals surface area contributed by atoms with E-state index in [-0.39, 0.29) is 5.75 Å². The van der Waals surface area contributed by atoms with Gasteiger partial charge in [0.2, 0.25) is 17.7 Å². The molecule has 28 heavy (non-hydrogen) atoms. The van der Waals surface area contributed by atoms with Crippen LogP contribution in [0.1, 0.15) is 19.3 Å². The fourth-order valence-corrected chi connectivity index (χ4v) is 2.75. The Hall–Kier alpha value is -2.38. The Morgan fingerprint density at radius 2 is 1.61 bits per heavy atom. The molecule has 4 unspecified atom stereocenters. The number of thiol groups is 1. The summed E-state index contributed by atoms with van der Waals surface area (Å²) >= 11 is 3.99. The number of carboxylic acid groups (broad SMARTS) is 2. The molecule has 1 aliphatic heterocycles. The molecular formula is C15H24N4O8S. The van der Waals surface area contributed by atoms with Crippen molar-refractivity contribution in [3.05, 3.63) is 0 Å². The van der Waals surface area contributed by atoms with Crippen LogP contribution in [0.3, 0.4) is 0 Å². The number of aliphatic hydroxyl groups is 1. The predicted octanol–water partition coefficient (Wildman–Crippen LogP) is -3.33. The van der Waals surface area contributed by atoms with Gasteiger partial charge in [-0.1, -0.05) is 0 Å². The van der Waals surface area contributed by atoms with Crippen LogP contribution in [0.25, 0.3) is 0 Å². The van der Waals surface area contributed by atoms with E-state index in [9.17, 15) is 29.1 Å². The van der Waals surface area contributed by atoms with Gasteiger partial charge < -0.3 is 36.6 Å². The highest BCUT2D eigenvalue weighted by Gasteiger charge is 2.31. The average Bonchev–Trinajstić information content (AvgIpc) is 3.17. The summed E-state index contributed by atoms with van der Waals surface area (Å²) < 4.78 is 0. The SMILES string of the molecule is O=C(O)CC(NC(=O)C(CO)NC(=O)C(CS)NC(=O)C1CCCN1)C(=O)O. The molecule has 1 fully saturated rings. The molecule has 13 heteroatoms. The van der Waals surface area contributed by atoms with Crippen molar-refractivity contribution in [2.24, 2.45) is 0 Å². The number of carbonyl (C=O) groups is 5. The maximum atomic E-state index is 12.3. The number of carboxylic acids is 2. The van der Waals surface area contributed by atoms with Crippen LogP contribution >= 0.6 is 12.6 Å². The lowest BCUT2D eigenvalue weighted by atomic mass is 10.1. The Bertz CT molecular complexity index is 611. The molecule has 1 heterocycles. The maximum Gasteiger partial charge on any atom is 0.326 e.